The first-order chi connectivity index (χ1) is 10.6. The molecule has 7 nitrogen and oxygen atoms in total. The van der Waals surface area contributed by atoms with Gasteiger partial charge in [0.1, 0.15) is 18.8 Å². The highest BCUT2D eigenvalue weighted by atomic mass is 16.5. The van der Waals surface area contributed by atoms with E-state index in [1.807, 2.05) is 38.1 Å². The Hall–Kier alpha value is -2.57. The normalized spacial score (nSPS) is 10.5. The van der Waals surface area contributed by atoms with Crippen LogP contribution in [0.3, 0.4) is 0 Å². The van der Waals surface area contributed by atoms with Crippen LogP contribution < -0.4 is 14.8 Å². The Morgan fingerprint density at radius 2 is 2.05 bits per heavy atom. The molecule has 0 fully saturated rings. The predicted molar refractivity (Wildman–Crippen MR) is 80.6 cm³/mol. The van der Waals surface area contributed by atoms with Crippen molar-refractivity contribution in [1.82, 2.24) is 20.3 Å². The first-order valence-corrected chi connectivity index (χ1v) is 7.02. The number of ether oxygens (including phenoxy) is 2. The fourth-order valence-corrected chi connectivity index (χ4v) is 1.89. The average molecular weight is 304 g/mol. The van der Waals surface area contributed by atoms with E-state index in [0.717, 1.165) is 0 Å². The molecule has 0 bridgehead atoms. The summed E-state index contributed by atoms with van der Waals surface area (Å²) < 4.78 is 12.3. The highest BCUT2D eigenvalue weighted by Crippen LogP contribution is 2.26. The van der Waals surface area contributed by atoms with Gasteiger partial charge in [-0.05, 0) is 26.0 Å². The molecule has 2 rings (SSSR count). The molecule has 1 aromatic carbocycles. The summed E-state index contributed by atoms with van der Waals surface area (Å²) >= 11 is 0. The van der Waals surface area contributed by atoms with Gasteiger partial charge in [0.2, 0.25) is 5.91 Å². The molecule has 7 heteroatoms. The number of carbonyl (C=O) groups is 1. The number of methoxy groups -OCH3 is 1. The monoisotopic (exact) mass is 304 g/mol. The molecule has 118 valence electrons. The number of nitrogens with one attached hydrogen (secondary N) is 1. The summed E-state index contributed by atoms with van der Waals surface area (Å²) in [6.07, 6.45) is 1.69. The van der Waals surface area contributed by atoms with Crippen molar-refractivity contribution >= 4 is 5.91 Å². The minimum atomic E-state index is -0.0999. The van der Waals surface area contributed by atoms with E-state index in [9.17, 15) is 4.79 Å². The van der Waals surface area contributed by atoms with E-state index in [1.165, 1.54) is 4.68 Å². The second kappa shape index (κ2) is 7.44. The number of nitrogens with zero attached hydrogens (tertiary/aromatic N) is 3. The Kier molecular flexibility index (Phi) is 5.35. The number of carbonyl (C=O) groups excluding carboxylic acids is 1. The molecule has 0 spiro atoms. The maximum Gasteiger partial charge on any atom is 0.241 e. The van der Waals surface area contributed by atoms with Gasteiger partial charge in [0.25, 0.3) is 0 Å². The fraction of sp³-hybridized carbons (Fsp3) is 0.400. The van der Waals surface area contributed by atoms with Crippen LogP contribution in [0.4, 0.5) is 0 Å². The van der Waals surface area contributed by atoms with Crippen LogP contribution in [0.5, 0.6) is 11.5 Å². The maximum atomic E-state index is 11.6. The summed E-state index contributed by atoms with van der Waals surface area (Å²) in [5, 5.41) is 10.7. The van der Waals surface area contributed by atoms with Crippen LogP contribution >= 0.6 is 0 Å². The molecule has 1 heterocycles. The molecule has 0 atom stereocenters. The Morgan fingerprint density at radius 1 is 1.32 bits per heavy atom. The van der Waals surface area contributed by atoms with Crippen molar-refractivity contribution in [1.29, 1.82) is 0 Å². The predicted octanol–water partition coefficient (Wildman–Crippen LogP) is 1.39. The van der Waals surface area contributed by atoms with E-state index < -0.39 is 0 Å². The number of hydrogen-bond acceptors (Lipinski definition) is 5. The number of amides is 1. The Balaban J connectivity index is 1.91. The van der Waals surface area contributed by atoms with Crippen molar-refractivity contribution in [2.24, 2.45) is 0 Å². The zero-order valence-corrected chi connectivity index (χ0v) is 12.9. The van der Waals surface area contributed by atoms with Crippen molar-refractivity contribution in [3.8, 4) is 11.5 Å². The van der Waals surface area contributed by atoms with Gasteiger partial charge in [-0.2, -0.15) is 0 Å². The van der Waals surface area contributed by atoms with Gasteiger partial charge >= 0.3 is 0 Å². The van der Waals surface area contributed by atoms with Crippen LogP contribution in [-0.4, -0.2) is 34.1 Å². The van der Waals surface area contributed by atoms with Gasteiger partial charge in [0.15, 0.2) is 11.5 Å². The lowest BCUT2D eigenvalue weighted by molar-refractivity contribution is -0.122. The van der Waals surface area contributed by atoms with Crippen LogP contribution in [0.25, 0.3) is 0 Å². The lowest BCUT2D eigenvalue weighted by atomic mass is 10.3. The lowest BCUT2D eigenvalue weighted by Crippen LogP contribution is -2.33. The van der Waals surface area contributed by atoms with Gasteiger partial charge in [-0.25, -0.2) is 4.68 Å². The summed E-state index contributed by atoms with van der Waals surface area (Å²) in [4.78, 5) is 11.6. The molecule has 2 aromatic rings. The van der Waals surface area contributed by atoms with Crippen molar-refractivity contribution in [2.45, 2.75) is 33.0 Å². The highest BCUT2D eigenvalue weighted by molar-refractivity contribution is 5.75. The van der Waals surface area contributed by atoms with Gasteiger partial charge in [0, 0.05) is 6.04 Å². The first-order valence-electron chi connectivity index (χ1n) is 7.02. The van der Waals surface area contributed by atoms with Crippen LogP contribution in [0.1, 0.15) is 19.5 Å². The Labute approximate surface area is 129 Å². The molecule has 22 heavy (non-hydrogen) atoms. The molecule has 0 radical (unpaired) electrons. The zero-order valence-electron chi connectivity index (χ0n) is 12.9. The summed E-state index contributed by atoms with van der Waals surface area (Å²) in [5.74, 6) is 1.19. The van der Waals surface area contributed by atoms with Crippen LogP contribution in [-0.2, 0) is 17.9 Å². The largest absolute Gasteiger partial charge is 0.493 e. The zero-order chi connectivity index (χ0) is 15.9. The quantitative estimate of drug-likeness (QED) is 0.836. The van der Waals surface area contributed by atoms with Gasteiger partial charge < -0.3 is 14.8 Å². The van der Waals surface area contributed by atoms with Gasteiger partial charge in [-0.15, -0.1) is 5.10 Å². The van der Waals surface area contributed by atoms with Crippen molar-refractivity contribution in [3.05, 3.63) is 36.2 Å². The molecule has 1 amide bonds. The highest BCUT2D eigenvalue weighted by Gasteiger charge is 2.08. The minimum Gasteiger partial charge on any atom is -0.493 e. The topological polar surface area (TPSA) is 78.3 Å². The molecule has 0 unspecified atom stereocenters. The molecule has 1 aromatic heterocycles. The fourth-order valence-electron chi connectivity index (χ4n) is 1.89. The summed E-state index contributed by atoms with van der Waals surface area (Å²) in [7, 11) is 1.59. The van der Waals surface area contributed by atoms with Crippen LogP contribution in [0.2, 0.25) is 0 Å². The van der Waals surface area contributed by atoms with Crippen molar-refractivity contribution in [3.63, 3.8) is 0 Å². The molecule has 1 N–H and O–H groups in total. The number of rotatable bonds is 7. The first kappa shape index (κ1) is 15.8. The van der Waals surface area contributed by atoms with Crippen molar-refractivity contribution in [2.75, 3.05) is 7.11 Å². The Morgan fingerprint density at radius 3 is 2.73 bits per heavy atom. The van der Waals surface area contributed by atoms with E-state index in [1.54, 1.807) is 13.3 Å². The Bertz CT molecular complexity index is 625. The second-order valence-corrected chi connectivity index (χ2v) is 5.07. The maximum absolute atomic E-state index is 11.6. The smallest absolute Gasteiger partial charge is 0.241 e. The number of para-hydroxylation sites is 2. The van der Waals surface area contributed by atoms with E-state index in [4.69, 9.17) is 9.47 Å². The van der Waals surface area contributed by atoms with Crippen LogP contribution in [0.15, 0.2) is 30.5 Å². The SMILES string of the molecule is COc1ccccc1OCc1cn(CC(=O)NC(C)C)nn1. The molecular formula is C15H20N4O3. The third-order valence-electron chi connectivity index (χ3n) is 2.79. The third kappa shape index (κ3) is 4.47. The summed E-state index contributed by atoms with van der Waals surface area (Å²) in [6.45, 7) is 4.21. The average Bonchev–Trinajstić information content (AvgIpc) is 2.92. The van der Waals surface area contributed by atoms with Gasteiger partial charge in [0.05, 0.1) is 13.3 Å². The second-order valence-electron chi connectivity index (χ2n) is 5.07. The van der Waals surface area contributed by atoms with E-state index in [2.05, 4.69) is 15.6 Å². The molecule has 0 aliphatic rings. The third-order valence-corrected chi connectivity index (χ3v) is 2.79. The van der Waals surface area contributed by atoms with Gasteiger partial charge in [-0.1, -0.05) is 17.3 Å². The standard InChI is InChI=1S/C15H20N4O3/c1-11(2)16-15(20)9-19-8-12(17-18-19)10-22-14-7-5-4-6-13(14)21-3/h4-8,11H,9-10H2,1-3H3,(H,16,20). The molecule has 0 aliphatic heterocycles. The molecule has 0 aliphatic carbocycles. The summed E-state index contributed by atoms with van der Waals surface area (Å²) in [5.41, 5.74) is 0.642. The lowest BCUT2D eigenvalue weighted by Gasteiger charge is -2.08. The van der Waals surface area contributed by atoms with Gasteiger partial charge in [-0.3, -0.25) is 4.79 Å². The van der Waals surface area contributed by atoms with Crippen molar-refractivity contribution < 1.29 is 14.3 Å². The number of aromatic nitrogens is 3. The number of hydrogen-bond donors (Lipinski definition) is 1. The molecular weight excluding hydrogens is 284 g/mol. The van der Waals surface area contributed by atoms with Crippen LogP contribution in [0, 0.1) is 0 Å². The van der Waals surface area contributed by atoms with E-state index in [0.29, 0.717) is 17.2 Å². The molecule has 0 saturated carbocycles. The number of benzene rings is 1. The summed E-state index contributed by atoms with van der Waals surface area (Å²) in [6, 6.07) is 7.48. The minimum absolute atomic E-state index is 0.0999. The molecule has 0 saturated heterocycles. The van der Waals surface area contributed by atoms with E-state index >= 15 is 0 Å². The van der Waals surface area contributed by atoms with E-state index in [-0.39, 0.29) is 25.1 Å².